The van der Waals surface area contributed by atoms with E-state index in [4.69, 9.17) is 0 Å². The molecule has 0 unspecified atom stereocenters. The summed E-state index contributed by atoms with van der Waals surface area (Å²) in [6.07, 6.45) is 0. The van der Waals surface area contributed by atoms with Gasteiger partial charge in [0.15, 0.2) is 0 Å². The van der Waals surface area contributed by atoms with Crippen LogP contribution in [-0.2, 0) is 15.0 Å². The molecule has 0 spiro atoms. The third kappa shape index (κ3) is 3.77. The third-order valence-corrected chi connectivity index (χ3v) is 4.09. The molecule has 2 nitrogen and oxygen atoms in total. The van der Waals surface area contributed by atoms with Gasteiger partial charge in [0.2, 0.25) is 0 Å². The molecule has 0 saturated heterocycles. The van der Waals surface area contributed by atoms with Crippen molar-refractivity contribution in [3.8, 4) is 22.6 Å². The molecule has 0 amide bonds. The van der Waals surface area contributed by atoms with E-state index in [2.05, 4.69) is 26.3 Å². The minimum atomic E-state index is 0.125. The van der Waals surface area contributed by atoms with Gasteiger partial charge >= 0.3 is 41.3 Å². The normalized spacial score (nSPS) is 10.3. The zero-order valence-electron chi connectivity index (χ0n) is 13.1. The van der Waals surface area contributed by atoms with Gasteiger partial charge in [-0.1, -0.05) is 60.7 Å². The van der Waals surface area contributed by atoms with Gasteiger partial charge in [-0.15, -0.1) is 0 Å². The summed E-state index contributed by atoms with van der Waals surface area (Å²) < 4.78 is 0. The van der Waals surface area contributed by atoms with Gasteiger partial charge in [0.1, 0.15) is 11.5 Å². The van der Waals surface area contributed by atoms with E-state index in [1.54, 1.807) is 0 Å². The van der Waals surface area contributed by atoms with Crippen molar-refractivity contribution >= 4 is 47.9 Å². The van der Waals surface area contributed by atoms with Gasteiger partial charge < -0.3 is 10.2 Å². The zero-order chi connectivity index (χ0) is 17.8. The molecular formula is C20H14Br2O2Ti. The summed E-state index contributed by atoms with van der Waals surface area (Å²) in [6.45, 7) is 0. The molecule has 0 aromatic heterocycles. The Morgan fingerprint density at radius 3 is 1.32 bits per heavy atom. The SMILES string of the molecule is Oc1c(-c2ccc3ccccc3c2O)ccc2ccccc12.[Br][Ti][Br]. The number of aromatic hydroxyl groups is 2. The van der Waals surface area contributed by atoms with Crippen LogP contribution in [0.15, 0.2) is 72.8 Å². The molecule has 0 saturated carbocycles. The molecule has 124 valence electrons. The van der Waals surface area contributed by atoms with Crippen molar-refractivity contribution in [3.63, 3.8) is 0 Å². The fourth-order valence-corrected chi connectivity index (χ4v) is 2.94. The molecule has 4 aromatic carbocycles. The van der Waals surface area contributed by atoms with Gasteiger partial charge in [-0.3, -0.25) is 0 Å². The van der Waals surface area contributed by atoms with Crippen molar-refractivity contribution in [2.45, 2.75) is 0 Å². The van der Waals surface area contributed by atoms with E-state index in [0.29, 0.717) is 11.1 Å². The van der Waals surface area contributed by atoms with Crippen LogP contribution in [0.3, 0.4) is 0 Å². The third-order valence-electron chi connectivity index (χ3n) is 4.09. The molecule has 0 heterocycles. The van der Waals surface area contributed by atoms with E-state index in [1.807, 2.05) is 72.8 Å². The Bertz CT molecular complexity index is 951. The van der Waals surface area contributed by atoms with E-state index in [-0.39, 0.29) is 26.5 Å². The van der Waals surface area contributed by atoms with Crippen molar-refractivity contribution in [1.82, 2.24) is 0 Å². The van der Waals surface area contributed by atoms with Crippen LogP contribution in [-0.4, -0.2) is 10.2 Å². The monoisotopic (exact) mass is 492 g/mol. The number of hydrogen-bond acceptors (Lipinski definition) is 2. The average molecular weight is 494 g/mol. The zero-order valence-corrected chi connectivity index (χ0v) is 17.8. The average Bonchev–Trinajstić information content (AvgIpc) is 2.64. The number of phenols is 2. The molecule has 5 heteroatoms. The van der Waals surface area contributed by atoms with Gasteiger partial charge in [0.05, 0.1) is 0 Å². The summed E-state index contributed by atoms with van der Waals surface area (Å²) in [4.78, 5) is 0. The van der Waals surface area contributed by atoms with Crippen LogP contribution in [0.4, 0.5) is 0 Å². The summed E-state index contributed by atoms with van der Waals surface area (Å²) >= 11 is 6.50. The molecular weight excluding hydrogens is 480 g/mol. The molecule has 4 aromatic rings. The van der Waals surface area contributed by atoms with E-state index >= 15 is 0 Å². The van der Waals surface area contributed by atoms with E-state index in [0.717, 1.165) is 21.5 Å². The van der Waals surface area contributed by atoms with E-state index in [1.165, 1.54) is 0 Å². The van der Waals surface area contributed by atoms with Crippen molar-refractivity contribution in [2.75, 3.05) is 0 Å². The second-order valence-electron chi connectivity index (χ2n) is 5.44. The summed E-state index contributed by atoms with van der Waals surface area (Å²) in [7, 11) is 0. The van der Waals surface area contributed by atoms with E-state index < -0.39 is 0 Å². The fourth-order valence-electron chi connectivity index (χ4n) is 2.94. The number of halogens is 2. The molecule has 0 radical (unpaired) electrons. The van der Waals surface area contributed by atoms with E-state index in [9.17, 15) is 10.2 Å². The maximum atomic E-state index is 10.6. The van der Waals surface area contributed by atoms with Crippen LogP contribution >= 0.6 is 26.3 Å². The predicted molar refractivity (Wildman–Crippen MR) is 108 cm³/mol. The second-order valence-corrected chi connectivity index (χ2v) is 13.3. The molecule has 0 fully saturated rings. The van der Waals surface area contributed by atoms with Gasteiger partial charge in [-0.25, -0.2) is 0 Å². The molecule has 4 rings (SSSR count). The van der Waals surface area contributed by atoms with Gasteiger partial charge in [0, 0.05) is 21.9 Å². The maximum absolute atomic E-state index is 10.6. The van der Waals surface area contributed by atoms with Crippen LogP contribution in [0, 0.1) is 0 Å². The van der Waals surface area contributed by atoms with Crippen molar-refractivity contribution in [3.05, 3.63) is 72.8 Å². The van der Waals surface area contributed by atoms with Crippen molar-refractivity contribution in [1.29, 1.82) is 0 Å². The first-order chi connectivity index (χ1) is 12.2. The summed E-state index contributed by atoms with van der Waals surface area (Å²) in [6, 6.07) is 23.0. The van der Waals surface area contributed by atoms with Crippen LogP contribution in [0.25, 0.3) is 32.7 Å². The molecule has 0 aliphatic rings. The van der Waals surface area contributed by atoms with Gasteiger partial charge in [-0.2, -0.15) is 0 Å². The Labute approximate surface area is 167 Å². The first kappa shape index (κ1) is 18.5. The Hall–Kier alpha value is -1.33. The fraction of sp³-hybridized carbons (Fsp3) is 0. The van der Waals surface area contributed by atoms with Gasteiger partial charge in [-0.05, 0) is 22.9 Å². The number of benzene rings is 4. The number of hydrogen-bond donors (Lipinski definition) is 2. The van der Waals surface area contributed by atoms with Crippen molar-refractivity contribution in [2.24, 2.45) is 0 Å². The Kier molecular flexibility index (Phi) is 6.18. The Morgan fingerprint density at radius 2 is 0.920 bits per heavy atom. The topological polar surface area (TPSA) is 40.5 Å². The predicted octanol–water partition coefficient (Wildman–Crippen LogP) is 6.76. The molecule has 2 N–H and O–H groups in total. The number of phenolic OH excluding ortho intramolecular Hbond substituents is 2. The number of fused-ring (bicyclic) bond motifs is 2. The summed E-state index contributed by atoms with van der Waals surface area (Å²) in [5.41, 5.74) is 1.28. The molecule has 25 heavy (non-hydrogen) atoms. The van der Waals surface area contributed by atoms with Crippen LogP contribution < -0.4 is 0 Å². The van der Waals surface area contributed by atoms with Gasteiger partial charge in [0.25, 0.3) is 0 Å². The van der Waals surface area contributed by atoms with Crippen LogP contribution in [0.1, 0.15) is 0 Å². The summed E-state index contributed by atoms with van der Waals surface area (Å²) in [5, 5.41) is 24.7. The summed E-state index contributed by atoms with van der Waals surface area (Å²) in [5.74, 6) is 0.396. The second kappa shape index (κ2) is 8.37. The Balaban J connectivity index is 0.000000569. The number of rotatable bonds is 1. The molecule has 0 bridgehead atoms. The minimum absolute atomic E-state index is 0.125. The Morgan fingerprint density at radius 1 is 0.560 bits per heavy atom. The molecule has 0 aliphatic carbocycles. The quantitative estimate of drug-likeness (QED) is 0.288. The molecule has 0 atom stereocenters. The molecule has 0 aliphatic heterocycles. The first-order valence-corrected chi connectivity index (χ1v) is 15.3. The van der Waals surface area contributed by atoms with Crippen LogP contribution in [0.5, 0.6) is 11.5 Å². The van der Waals surface area contributed by atoms with Crippen LogP contribution in [0.2, 0.25) is 0 Å². The standard InChI is InChI=1S/C20H14O2.2BrH.Ti/c21-19-15-7-3-1-5-13(15)9-11-17(19)18-12-10-14-6-2-4-8-16(14)20(18)22;;;/h1-12,21-22H;2*1H;/q;;;+2/p-2. The first-order valence-electron chi connectivity index (χ1n) is 7.55. The van der Waals surface area contributed by atoms with Crippen molar-refractivity contribution < 1.29 is 25.2 Å².